The summed E-state index contributed by atoms with van der Waals surface area (Å²) in [6, 6.07) is 3.87. The Hall–Kier alpha value is -1.97. The van der Waals surface area contributed by atoms with Crippen LogP contribution in [0, 0.1) is 6.92 Å². The van der Waals surface area contributed by atoms with Crippen molar-refractivity contribution in [2.24, 2.45) is 0 Å². The van der Waals surface area contributed by atoms with Gasteiger partial charge in [0.1, 0.15) is 11.6 Å². The van der Waals surface area contributed by atoms with Crippen LogP contribution >= 0.6 is 0 Å². The maximum absolute atomic E-state index is 5.83. The Bertz CT molecular complexity index is 561. The average Bonchev–Trinajstić information content (AvgIpc) is 3.12. The van der Waals surface area contributed by atoms with Gasteiger partial charge < -0.3 is 5.73 Å². The number of nitrogens with zero attached hydrogens (tertiary/aromatic N) is 3. The monoisotopic (exact) mass is 226 g/mol. The Morgan fingerprint density at radius 1 is 1.18 bits per heavy atom. The van der Waals surface area contributed by atoms with Crippen LogP contribution in [0.2, 0.25) is 0 Å². The van der Waals surface area contributed by atoms with Gasteiger partial charge in [-0.05, 0) is 31.4 Å². The number of rotatable bonds is 2. The van der Waals surface area contributed by atoms with Crippen molar-refractivity contribution in [1.82, 2.24) is 15.0 Å². The minimum Gasteiger partial charge on any atom is -0.384 e. The molecule has 0 radical (unpaired) electrons. The summed E-state index contributed by atoms with van der Waals surface area (Å²) in [5, 5.41) is 0. The number of aromatic nitrogens is 3. The van der Waals surface area contributed by atoms with Gasteiger partial charge in [0.25, 0.3) is 0 Å². The molecule has 2 aromatic heterocycles. The highest BCUT2D eigenvalue weighted by atomic mass is 15.0. The normalized spacial score (nSPS) is 14.9. The summed E-state index contributed by atoms with van der Waals surface area (Å²) >= 11 is 0. The number of hydrogen-bond acceptors (Lipinski definition) is 4. The van der Waals surface area contributed by atoms with E-state index in [1.807, 2.05) is 25.4 Å². The summed E-state index contributed by atoms with van der Waals surface area (Å²) in [4.78, 5) is 13.0. The van der Waals surface area contributed by atoms with Crippen molar-refractivity contribution >= 4 is 5.82 Å². The molecule has 0 spiro atoms. The first kappa shape index (κ1) is 10.2. The van der Waals surface area contributed by atoms with Gasteiger partial charge in [0, 0.05) is 29.9 Å². The van der Waals surface area contributed by atoms with Gasteiger partial charge in [-0.2, -0.15) is 0 Å². The van der Waals surface area contributed by atoms with E-state index in [1.54, 1.807) is 0 Å². The molecule has 0 unspecified atom stereocenters. The Kier molecular flexibility index (Phi) is 2.28. The van der Waals surface area contributed by atoms with E-state index in [0.29, 0.717) is 11.7 Å². The standard InChI is InChI=1S/C13H14N4/c1-8-4-10(7-15-6-8)11-5-12(14)17-13(16-11)9-2-3-9/h4-7,9H,2-3H2,1H3,(H2,14,16,17). The number of aryl methyl sites for hydroxylation is 1. The fourth-order valence-electron chi connectivity index (χ4n) is 1.85. The lowest BCUT2D eigenvalue weighted by Crippen LogP contribution is -2.00. The number of nitrogen functional groups attached to an aromatic ring is 1. The van der Waals surface area contributed by atoms with Gasteiger partial charge in [0.15, 0.2) is 0 Å². The SMILES string of the molecule is Cc1cncc(-c2cc(N)nc(C3CC3)n2)c1. The molecule has 3 rings (SSSR count). The van der Waals surface area contributed by atoms with E-state index in [1.165, 1.54) is 12.8 Å². The van der Waals surface area contributed by atoms with E-state index in [0.717, 1.165) is 22.6 Å². The van der Waals surface area contributed by atoms with Gasteiger partial charge in [0.2, 0.25) is 0 Å². The van der Waals surface area contributed by atoms with Crippen LogP contribution in [-0.2, 0) is 0 Å². The zero-order chi connectivity index (χ0) is 11.8. The van der Waals surface area contributed by atoms with Crippen molar-refractivity contribution in [3.05, 3.63) is 35.9 Å². The molecule has 0 saturated heterocycles. The fourth-order valence-corrected chi connectivity index (χ4v) is 1.85. The van der Waals surface area contributed by atoms with Gasteiger partial charge in [-0.15, -0.1) is 0 Å². The molecule has 2 heterocycles. The Labute approximate surface area is 99.9 Å². The Balaban J connectivity index is 2.07. The van der Waals surface area contributed by atoms with Crippen molar-refractivity contribution in [2.45, 2.75) is 25.7 Å². The highest BCUT2D eigenvalue weighted by molar-refractivity contribution is 5.61. The third-order valence-corrected chi connectivity index (χ3v) is 2.88. The van der Waals surface area contributed by atoms with Crippen LogP contribution in [0.5, 0.6) is 0 Å². The maximum Gasteiger partial charge on any atom is 0.134 e. The van der Waals surface area contributed by atoms with E-state index in [-0.39, 0.29) is 0 Å². The molecular formula is C13H14N4. The van der Waals surface area contributed by atoms with Crippen LogP contribution < -0.4 is 5.73 Å². The second-order valence-corrected chi connectivity index (χ2v) is 4.56. The topological polar surface area (TPSA) is 64.7 Å². The van der Waals surface area contributed by atoms with Gasteiger partial charge in [-0.25, -0.2) is 9.97 Å². The molecule has 1 fully saturated rings. The predicted molar refractivity (Wildman–Crippen MR) is 66.4 cm³/mol. The van der Waals surface area contributed by atoms with Crippen LogP contribution in [0.25, 0.3) is 11.3 Å². The van der Waals surface area contributed by atoms with Crippen LogP contribution in [0.3, 0.4) is 0 Å². The van der Waals surface area contributed by atoms with Crippen LogP contribution in [-0.4, -0.2) is 15.0 Å². The molecule has 17 heavy (non-hydrogen) atoms. The smallest absolute Gasteiger partial charge is 0.134 e. The van der Waals surface area contributed by atoms with E-state index >= 15 is 0 Å². The second kappa shape index (κ2) is 3.80. The van der Waals surface area contributed by atoms with Crippen molar-refractivity contribution < 1.29 is 0 Å². The summed E-state index contributed by atoms with van der Waals surface area (Å²) in [6.07, 6.45) is 5.99. The summed E-state index contributed by atoms with van der Waals surface area (Å²) in [6.45, 7) is 2.02. The molecular weight excluding hydrogens is 212 g/mol. The lowest BCUT2D eigenvalue weighted by Gasteiger charge is -2.05. The third kappa shape index (κ3) is 2.11. The molecule has 2 aromatic rings. The zero-order valence-electron chi connectivity index (χ0n) is 9.72. The number of anilines is 1. The Morgan fingerprint density at radius 2 is 2.00 bits per heavy atom. The molecule has 4 nitrogen and oxygen atoms in total. The van der Waals surface area contributed by atoms with Crippen molar-refractivity contribution in [2.75, 3.05) is 5.73 Å². The fraction of sp³-hybridized carbons (Fsp3) is 0.308. The molecule has 0 bridgehead atoms. The van der Waals surface area contributed by atoms with Gasteiger partial charge in [0.05, 0.1) is 5.69 Å². The lowest BCUT2D eigenvalue weighted by atomic mass is 10.1. The molecule has 2 N–H and O–H groups in total. The molecule has 86 valence electrons. The summed E-state index contributed by atoms with van der Waals surface area (Å²) in [5.74, 6) is 1.93. The minimum atomic E-state index is 0.509. The number of nitrogens with two attached hydrogens (primary N) is 1. The molecule has 0 aromatic carbocycles. The largest absolute Gasteiger partial charge is 0.384 e. The van der Waals surface area contributed by atoms with E-state index in [4.69, 9.17) is 5.73 Å². The van der Waals surface area contributed by atoms with Crippen LogP contribution in [0.1, 0.15) is 30.1 Å². The highest BCUT2D eigenvalue weighted by Gasteiger charge is 2.27. The lowest BCUT2D eigenvalue weighted by molar-refractivity contribution is 0.935. The summed E-state index contributed by atoms with van der Waals surface area (Å²) in [5.41, 5.74) is 8.82. The third-order valence-electron chi connectivity index (χ3n) is 2.88. The Morgan fingerprint density at radius 3 is 2.71 bits per heavy atom. The molecule has 0 amide bonds. The van der Waals surface area contributed by atoms with Gasteiger partial charge in [-0.1, -0.05) is 0 Å². The van der Waals surface area contributed by atoms with E-state index < -0.39 is 0 Å². The second-order valence-electron chi connectivity index (χ2n) is 4.56. The molecule has 1 saturated carbocycles. The van der Waals surface area contributed by atoms with Crippen LogP contribution in [0.4, 0.5) is 5.82 Å². The average molecular weight is 226 g/mol. The minimum absolute atomic E-state index is 0.509. The molecule has 1 aliphatic rings. The molecule has 4 heteroatoms. The summed E-state index contributed by atoms with van der Waals surface area (Å²) < 4.78 is 0. The van der Waals surface area contributed by atoms with Crippen molar-refractivity contribution in [3.63, 3.8) is 0 Å². The van der Waals surface area contributed by atoms with Gasteiger partial charge in [-0.3, -0.25) is 4.98 Å². The summed E-state index contributed by atoms with van der Waals surface area (Å²) in [7, 11) is 0. The maximum atomic E-state index is 5.83. The first-order valence-electron chi connectivity index (χ1n) is 5.79. The molecule has 0 atom stereocenters. The molecule has 1 aliphatic carbocycles. The molecule has 0 aliphatic heterocycles. The van der Waals surface area contributed by atoms with Crippen molar-refractivity contribution in [3.8, 4) is 11.3 Å². The first-order chi connectivity index (χ1) is 8.22. The van der Waals surface area contributed by atoms with Crippen LogP contribution in [0.15, 0.2) is 24.5 Å². The quantitative estimate of drug-likeness (QED) is 0.853. The predicted octanol–water partition coefficient (Wildman–Crippen LogP) is 2.31. The number of hydrogen-bond donors (Lipinski definition) is 1. The number of pyridine rings is 1. The first-order valence-corrected chi connectivity index (χ1v) is 5.79. The highest BCUT2D eigenvalue weighted by Crippen LogP contribution is 2.38. The zero-order valence-corrected chi connectivity index (χ0v) is 9.72. The van der Waals surface area contributed by atoms with Crippen molar-refractivity contribution in [1.29, 1.82) is 0 Å². The van der Waals surface area contributed by atoms with E-state index in [2.05, 4.69) is 21.0 Å². The van der Waals surface area contributed by atoms with Gasteiger partial charge >= 0.3 is 0 Å². The van der Waals surface area contributed by atoms with E-state index in [9.17, 15) is 0 Å².